The van der Waals surface area contributed by atoms with Crippen molar-refractivity contribution in [1.29, 1.82) is 0 Å². The van der Waals surface area contributed by atoms with Crippen LogP contribution in [0.1, 0.15) is 80.1 Å². The van der Waals surface area contributed by atoms with Crippen LogP contribution >= 0.6 is 0 Å². The molecule has 2 aliphatic heterocycles. The summed E-state index contributed by atoms with van der Waals surface area (Å²) in [6.07, 6.45) is 5.67. The Bertz CT molecular complexity index is 383. The Morgan fingerprint density at radius 2 is 1.58 bits per heavy atom. The van der Waals surface area contributed by atoms with Crippen LogP contribution in [0.5, 0.6) is 0 Å². The fourth-order valence-electron chi connectivity index (χ4n) is 2.78. The standard InChI is InChI=1S/C10H20N2O.C6H12N2O.C2H6/c1-8(2)11-12-9(13)6-5-7-10(12,3)4;1-7-8-5-3-2-4-6(8)9;1-2/h8,11H,5-7H2,1-4H3;7H,2-5H2,1H3;1-2H3. The Hall–Kier alpha value is -1.14. The maximum Gasteiger partial charge on any atom is 0.237 e. The number of nitrogens with one attached hydrogen (secondary N) is 2. The van der Waals surface area contributed by atoms with Crippen LogP contribution in [0.15, 0.2) is 0 Å². The Kier molecular flexibility index (Phi) is 10.9. The lowest BCUT2D eigenvalue weighted by atomic mass is 9.92. The van der Waals surface area contributed by atoms with Gasteiger partial charge in [0.25, 0.3) is 0 Å². The van der Waals surface area contributed by atoms with Gasteiger partial charge >= 0.3 is 0 Å². The number of carbonyl (C=O) groups excluding carboxylic acids is 2. The number of carbonyl (C=O) groups is 2. The highest BCUT2D eigenvalue weighted by Crippen LogP contribution is 2.26. The summed E-state index contributed by atoms with van der Waals surface area (Å²) in [6.45, 7) is 13.2. The molecule has 2 saturated heterocycles. The van der Waals surface area contributed by atoms with E-state index in [1.165, 1.54) is 0 Å². The third-order valence-electron chi connectivity index (χ3n) is 4.01. The predicted octanol–water partition coefficient (Wildman–Crippen LogP) is 2.85. The second-order valence-electron chi connectivity index (χ2n) is 6.91. The molecule has 0 aromatic carbocycles. The maximum absolute atomic E-state index is 11.6. The molecular weight excluding hydrogens is 304 g/mol. The van der Waals surface area contributed by atoms with Crippen molar-refractivity contribution in [2.24, 2.45) is 0 Å². The Morgan fingerprint density at radius 3 is 2.00 bits per heavy atom. The molecule has 2 N–H and O–H groups in total. The summed E-state index contributed by atoms with van der Waals surface area (Å²) in [7, 11) is 1.78. The van der Waals surface area contributed by atoms with Crippen LogP contribution in [0.25, 0.3) is 0 Å². The summed E-state index contributed by atoms with van der Waals surface area (Å²) in [5, 5.41) is 3.48. The molecular formula is C18H38N4O2. The highest BCUT2D eigenvalue weighted by Gasteiger charge is 2.34. The molecule has 0 aliphatic carbocycles. The highest BCUT2D eigenvalue weighted by molar-refractivity contribution is 5.77. The van der Waals surface area contributed by atoms with E-state index in [9.17, 15) is 9.59 Å². The molecule has 0 saturated carbocycles. The number of amides is 2. The van der Waals surface area contributed by atoms with E-state index < -0.39 is 0 Å². The maximum atomic E-state index is 11.6. The number of hydrogen-bond donors (Lipinski definition) is 2. The molecule has 142 valence electrons. The molecule has 0 atom stereocenters. The minimum atomic E-state index is -0.0282. The normalized spacial score (nSPS) is 20.2. The molecule has 2 fully saturated rings. The van der Waals surface area contributed by atoms with E-state index in [0.717, 1.165) is 32.2 Å². The van der Waals surface area contributed by atoms with E-state index >= 15 is 0 Å². The van der Waals surface area contributed by atoms with Crippen LogP contribution in [0.3, 0.4) is 0 Å². The van der Waals surface area contributed by atoms with Crippen molar-refractivity contribution in [3.05, 3.63) is 0 Å². The first-order valence-corrected chi connectivity index (χ1v) is 9.35. The first-order chi connectivity index (χ1) is 11.3. The third-order valence-corrected chi connectivity index (χ3v) is 4.01. The van der Waals surface area contributed by atoms with Gasteiger partial charge in [0.15, 0.2) is 0 Å². The summed E-state index contributed by atoms with van der Waals surface area (Å²) in [5.41, 5.74) is 6.01. The summed E-state index contributed by atoms with van der Waals surface area (Å²) in [6, 6.07) is 0.321. The topological polar surface area (TPSA) is 64.7 Å². The fraction of sp³-hybridized carbons (Fsp3) is 0.889. The van der Waals surface area contributed by atoms with Gasteiger partial charge in [0.05, 0.1) is 5.54 Å². The summed E-state index contributed by atoms with van der Waals surface area (Å²) in [5.74, 6) is 0.453. The Morgan fingerprint density at radius 1 is 1.00 bits per heavy atom. The zero-order valence-electron chi connectivity index (χ0n) is 16.7. The third kappa shape index (κ3) is 7.62. The number of nitrogens with zero attached hydrogens (tertiary/aromatic N) is 2. The summed E-state index contributed by atoms with van der Waals surface area (Å²) < 4.78 is 0. The van der Waals surface area contributed by atoms with E-state index in [1.807, 2.05) is 13.8 Å². The zero-order chi connectivity index (χ0) is 18.8. The van der Waals surface area contributed by atoms with Crippen molar-refractivity contribution >= 4 is 11.8 Å². The molecule has 2 heterocycles. The van der Waals surface area contributed by atoms with E-state index in [1.54, 1.807) is 17.1 Å². The lowest BCUT2D eigenvalue weighted by Gasteiger charge is -2.43. The SMILES string of the molecule is CC.CC(C)NN1C(=O)CCCC1(C)C.CNN1CCCCC1=O. The van der Waals surface area contributed by atoms with Crippen molar-refractivity contribution < 1.29 is 9.59 Å². The quantitative estimate of drug-likeness (QED) is 0.828. The van der Waals surface area contributed by atoms with Gasteiger partial charge in [0.2, 0.25) is 11.8 Å². The van der Waals surface area contributed by atoms with Gasteiger partial charge < -0.3 is 0 Å². The molecule has 0 aromatic heterocycles. The Labute approximate surface area is 148 Å². The van der Waals surface area contributed by atoms with Crippen molar-refractivity contribution in [1.82, 2.24) is 20.9 Å². The molecule has 6 heteroatoms. The zero-order valence-corrected chi connectivity index (χ0v) is 16.7. The van der Waals surface area contributed by atoms with Gasteiger partial charge in [0.1, 0.15) is 0 Å². The minimum absolute atomic E-state index is 0.0282. The molecule has 2 rings (SSSR count). The van der Waals surface area contributed by atoms with Crippen LogP contribution in [0, 0.1) is 0 Å². The molecule has 0 bridgehead atoms. The van der Waals surface area contributed by atoms with E-state index in [2.05, 4.69) is 38.5 Å². The number of hydrazine groups is 2. The second kappa shape index (κ2) is 11.4. The first-order valence-electron chi connectivity index (χ1n) is 9.35. The van der Waals surface area contributed by atoms with Crippen LogP contribution in [-0.2, 0) is 9.59 Å². The van der Waals surface area contributed by atoms with Crippen LogP contribution < -0.4 is 10.9 Å². The molecule has 6 nitrogen and oxygen atoms in total. The van der Waals surface area contributed by atoms with Crippen LogP contribution in [-0.4, -0.2) is 47.0 Å². The highest BCUT2D eigenvalue weighted by atomic mass is 16.2. The van der Waals surface area contributed by atoms with Crippen LogP contribution in [0.4, 0.5) is 0 Å². The van der Waals surface area contributed by atoms with Gasteiger partial charge in [-0.15, -0.1) is 0 Å². The van der Waals surface area contributed by atoms with Gasteiger partial charge in [0, 0.05) is 32.5 Å². The van der Waals surface area contributed by atoms with Gasteiger partial charge in [-0.3, -0.25) is 19.6 Å². The van der Waals surface area contributed by atoms with Crippen molar-refractivity contribution in [2.45, 2.75) is 91.6 Å². The van der Waals surface area contributed by atoms with Crippen molar-refractivity contribution in [2.75, 3.05) is 13.6 Å². The largest absolute Gasteiger partial charge is 0.278 e. The van der Waals surface area contributed by atoms with Gasteiger partial charge in [-0.2, -0.15) is 0 Å². The monoisotopic (exact) mass is 342 g/mol. The van der Waals surface area contributed by atoms with Gasteiger partial charge in [-0.25, -0.2) is 10.9 Å². The summed E-state index contributed by atoms with van der Waals surface area (Å²) in [4.78, 5) is 22.5. The number of piperidine rings is 2. The van der Waals surface area contributed by atoms with Gasteiger partial charge in [-0.1, -0.05) is 13.8 Å². The molecule has 0 unspecified atom stereocenters. The molecule has 2 amide bonds. The average molecular weight is 343 g/mol. The van der Waals surface area contributed by atoms with Crippen LogP contribution in [0.2, 0.25) is 0 Å². The average Bonchev–Trinajstić information content (AvgIpc) is 2.54. The van der Waals surface area contributed by atoms with Gasteiger partial charge in [-0.05, 0) is 53.4 Å². The molecule has 0 spiro atoms. The first kappa shape index (κ1) is 22.9. The van der Waals surface area contributed by atoms with E-state index in [-0.39, 0.29) is 17.4 Å². The number of rotatable bonds is 3. The van der Waals surface area contributed by atoms with E-state index in [4.69, 9.17) is 0 Å². The Balaban J connectivity index is 0.000000420. The second-order valence-corrected chi connectivity index (χ2v) is 6.91. The smallest absolute Gasteiger partial charge is 0.237 e. The number of hydrogen-bond acceptors (Lipinski definition) is 4. The van der Waals surface area contributed by atoms with E-state index in [0.29, 0.717) is 18.9 Å². The molecule has 2 aliphatic rings. The lowest BCUT2D eigenvalue weighted by Crippen LogP contribution is -2.59. The molecule has 0 aromatic rings. The van der Waals surface area contributed by atoms with Crippen molar-refractivity contribution in [3.63, 3.8) is 0 Å². The van der Waals surface area contributed by atoms with Crippen molar-refractivity contribution in [3.8, 4) is 0 Å². The molecule has 24 heavy (non-hydrogen) atoms. The minimum Gasteiger partial charge on any atom is -0.278 e. The lowest BCUT2D eigenvalue weighted by molar-refractivity contribution is -0.146. The molecule has 0 radical (unpaired) electrons. The summed E-state index contributed by atoms with van der Waals surface area (Å²) >= 11 is 0. The fourth-order valence-corrected chi connectivity index (χ4v) is 2.78. The predicted molar refractivity (Wildman–Crippen MR) is 99.0 cm³/mol.